The van der Waals surface area contributed by atoms with Gasteiger partial charge in [0.2, 0.25) is 11.8 Å². The van der Waals surface area contributed by atoms with Crippen molar-refractivity contribution in [3.63, 3.8) is 0 Å². The van der Waals surface area contributed by atoms with E-state index in [1.165, 1.54) is 6.42 Å². The zero-order valence-electron chi connectivity index (χ0n) is 13.0. The normalized spacial score (nSPS) is 18.6. The molecule has 1 aliphatic carbocycles. The van der Waals surface area contributed by atoms with Crippen molar-refractivity contribution in [2.24, 2.45) is 11.7 Å². The van der Waals surface area contributed by atoms with Gasteiger partial charge in [0.05, 0.1) is 12.6 Å². The van der Waals surface area contributed by atoms with Gasteiger partial charge in [-0.2, -0.15) is 0 Å². The number of nitrogens with one attached hydrogen (secondary N) is 2. The predicted molar refractivity (Wildman–Crippen MR) is 79.1 cm³/mol. The van der Waals surface area contributed by atoms with Crippen molar-refractivity contribution in [2.75, 3.05) is 27.2 Å². The second kappa shape index (κ2) is 7.04. The monoisotopic (exact) mass is 284 g/mol. The second-order valence-corrected chi connectivity index (χ2v) is 6.24. The lowest BCUT2D eigenvalue weighted by atomic mass is 9.75. The van der Waals surface area contributed by atoms with Crippen LogP contribution < -0.4 is 16.4 Å². The summed E-state index contributed by atoms with van der Waals surface area (Å²) in [6, 6.07) is -0.567. The van der Waals surface area contributed by atoms with Gasteiger partial charge in [-0.25, -0.2) is 0 Å². The number of carbonyl (C=O) groups excluding carboxylic acids is 2. The van der Waals surface area contributed by atoms with Crippen LogP contribution in [0.5, 0.6) is 0 Å². The Labute approximate surface area is 121 Å². The molecule has 4 N–H and O–H groups in total. The first-order valence-corrected chi connectivity index (χ1v) is 7.26. The van der Waals surface area contributed by atoms with Gasteiger partial charge in [0.15, 0.2) is 0 Å². The summed E-state index contributed by atoms with van der Waals surface area (Å²) in [4.78, 5) is 25.6. The first-order valence-electron chi connectivity index (χ1n) is 7.26. The predicted octanol–water partition coefficient (Wildman–Crippen LogP) is -0.314. The zero-order valence-corrected chi connectivity index (χ0v) is 13.0. The third kappa shape index (κ3) is 4.18. The number of hydrogen-bond acceptors (Lipinski definition) is 4. The molecular formula is C14H28N4O2. The van der Waals surface area contributed by atoms with Gasteiger partial charge in [-0.05, 0) is 39.3 Å². The van der Waals surface area contributed by atoms with Gasteiger partial charge in [-0.1, -0.05) is 13.8 Å². The zero-order chi connectivity index (χ0) is 15.3. The molecule has 0 aromatic rings. The van der Waals surface area contributed by atoms with Crippen LogP contribution in [0.15, 0.2) is 0 Å². The van der Waals surface area contributed by atoms with Gasteiger partial charge in [0.1, 0.15) is 0 Å². The first kappa shape index (κ1) is 16.9. The maximum Gasteiger partial charge on any atom is 0.239 e. The molecule has 1 rings (SSSR count). The van der Waals surface area contributed by atoms with Gasteiger partial charge in [-0.3, -0.25) is 9.59 Å². The van der Waals surface area contributed by atoms with Crippen molar-refractivity contribution >= 4 is 11.8 Å². The van der Waals surface area contributed by atoms with E-state index < -0.39 is 6.04 Å². The smallest absolute Gasteiger partial charge is 0.239 e. The molecule has 1 fully saturated rings. The molecule has 0 unspecified atom stereocenters. The molecule has 1 atom stereocenters. The number of amides is 2. The lowest BCUT2D eigenvalue weighted by Gasteiger charge is -2.47. The van der Waals surface area contributed by atoms with Crippen molar-refractivity contribution in [3.05, 3.63) is 0 Å². The van der Waals surface area contributed by atoms with E-state index in [1.54, 1.807) is 0 Å². The standard InChI is InChI=1S/C14H28N4O2/c1-10(2)12(15)13(20)16-8-11(19)17-9-14(18(3)4)6-5-7-14/h10,12H,5-9,15H2,1-4H3,(H,16,20)(H,17,19)/t12-/m0/s1. The van der Waals surface area contributed by atoms with Crippen LogP contribution in [0.25, 0.3) is 0 Å². The minimum atomic E-state index is -0.567. The summed E-state index contributed by atoms with van der Waals surface area (Å²) < 4.78 is 0. The molecule has 2 amide bonds. The Morgan fingerprint density at radius 1 is 1.25 bits per heavy atom. The van der Waals surface area contributed by atoms with Crippen molar-refractivity contribution in [1.29, 1.82) is 0 Å². The average Bonchev–Trinajstić information content (AvgIpc) is 2.32. The van der Waals surface area contributed by atoms with E-state index in [0.29, 0.717) is 6.54 Å². The Balaban J connectivity index is 2.29. The largest absolute Gasteiger partial charge is 0.353 e. The van der Waals surface area contributed by atoms with Crippen LogP contribution in [0.4, 0.5) is 0 Å². The van der Waals surface area contributed by atoms with E-state index in [-0.39, 0.29) is 29.8 Å². The summed E-state index contributed by atoms with van der Waals surface area (Å²) in [5.74, 6) is -0.381. The molecule has 0 heterocycles. The molecule has 0 aromatic heterocycles. The SMILES string of the molecule is CC(C)[C@H](N)C(=O)NCC(=O)NCC1(N(C)C)CCC1. The number of hydrogen-bond donors (Lipinski definition) is 3. The molecule has 0 bridgehead atoms. The van der Waals surface area contributed by atoms with Gasteiger partial charge in [0, 0.05) is 12.1 Å². The fraction of sp³-hybridized carbons (Fsp3) is 0.857. The van der Waals surface area contributed by atoms with Crippen molar-refractivity contribution in [3.8, 4) is 0 Å². The molecule has 20 heavy (non-hydrogen) atoms. The highest BCUT2D eigenvalue weighted by molar-refractivity contribution is 5.87. The molecule has 6 heteroatoms. The van der Waals surface area contributed by atoms with Crippen molar-refractivity contribution in [1.82, 2.24) is 15.5 Å². The maximum absolute atomic E-state index is 11.8. The molecule has 1 aliphatic rings. The molecule has 0 aliphatic heterocycles. The van der Waals surface area contributed by atoms with E-state index in [0.717, 1.165) is 12.8 Å². The topological polar surface area (TPSA) is 87.5 Å². The summed E-state index contributed by atoms with van der Waals surface area (Å²) in [6.45, 7) is 4.37. The third-order valence-corrected chi connectivity index (χ3v) is 4.29. The fourth-order valence-electron chi connectivity index (χ4n) is 2.28. The van der Waals surface area contributed by atoms with Crippen LogP contribution in [-0.2, 0) is 9.59 Å². The second-order valence-electron chi connectivity index (χ2n) is 6.24. The summed E-state index contributed by atoms with van der Waals surface area (Å²) in [5.41, 5.74) is 5.80. The molecule has 1 saturated carbocycles. The summed E-state index contributed by atoms with van der Waals surface area (Å²) in [7, 11) is 4.07. The minimum absolute atomic E-state index is 0.0111. The van der Waals surface area contributed by atoms with E-state index in [9.17, 15) is 9.59 Å². The Bertz CT molecular complexity index is 351. The maximum atomic E-state index is 11.8. The average molecular weight is 284 g/mol. The van der Waals surface area contributed by atoms with Crippen LogP contribution in [0.2, 0.25) is 0 Å². The van der Waals surface area contributed by atoms with E-state index >= 15 is 0 Å². The molecule has 6 nitrogen and oxygen atoms in total. The summed E-state index contributed by atoms with van der Waals surface area (Å²) >= 11 is 0. The van der Waals surface area contributed by atoms with Gasteiger partial charge < -0.3 is 21.3 Å². The molecule has 116 valence electrons. The summed E-state index contributed by atoms with van der Waals surface area (Å²) in [6.07, 6.45) is 3.41. The molecule has 0 spiro atoms. The number of nitrogens with two attached hydrogens (primary N) is 1. The van der Waals surface area contributed by atoms with Crippen LogP contribution in [-0.4, -0.2) is 55.5 Å². The van der Waals surface area contributed by atoms with E-state index in [4.69, 9.17) is 5.73 Å². The molecular weight excluding hydrogens is 256 g/mol. The highest BCUT2D eigenvalue weighted by Crippen LogP contribution is 2.35. The van der Waals surface area contributed by atoms with Crippen LogP contribution in [0.3, 0.4) is 0 Å². The molecule has 0 saturated heterocycles. The number of rotatable bonds is 7. The lowest BCUT2D eigenvalue weighted by molar-refractivity contribution is -0.127. The van der Waals surface area contributed by atoms with Crippen LogP contribution >= 0.6 is 0 Å². The third-order valence-electron chi connectivity index (χ3n) is 4.29. The lowest BCUT2D eigenvalue weighted by Crippen LogP contribution is -2.58. The van der Waals surface area contributed by atoms with Crippen LogP contribution in [0, 0.1) is 5.92 Å². The first-order chi connectivity index (χ1) is 9.28. The molecule has 0 radical (unpaired) electrons. The van der Waals surface area contributed by atoms with E-state index in [1.807, 2.05) is 27.9 Å². The Morgan fingerprint density at radius 3 is 2.25 bits per heavy atom. The van der Waals surface area contributed by atoms with E-state index in [2.05, 4.69) is 15.5 Å². The summed E-state index contributed by atoms with van der Waals surface area (Å²) in [5, 5.41) is 5.47. The highest BCUT2D eigenvalue weighted by Gasteiger charge is 2.39. The van der Waals surface area contributed by atoms with Gasteiger partial charge in [0.25, 0.3) is 0 Å². The van der Waals surface area contributed by atoms with Gasteiger partial charge in [-0.15, -0.1) is 0 Å². The van der Waals surface area contributed by atoms with Gasteiger partial charge >= 0.3 is 0 Å². The number of carbonyl (C=O) groups is 2. The molecule has 0 aromatic carbocycles. The fourth-order valence-corrected chi connectivity index (χ4v) is 2.28. The van der Waals surface area contributed by atoms with Crippen LogP contribution in [0.1, 0.15) is 33.1 Å². The Hall–Kier alpha value is -1.14. The number of likely N-dealkylation sites (N-methyl/N-ethyl adjacent to an activating group) is 1. The quantitative estimate of drug-likeness (QED) is 0.598. The minimum Gasteiger partial charge on any atom is -0.353 e. The Morgan fingerprint density at radius 2 is 1.85 bits per heavy atom. The van der Waals surface area contributed by atoms with Crippen molar-refractivity contribution in [2.45, 2.75) is 44.7 Å². The highest BCUT2D eigenvalue weighted by atomic mass is 16.2. The van der Waals surface area contributed by atoms with Crippen molar-refractivity contribution < 1.29 is 9.59 Å². The Kier molecular flexibility index (Phi) is 5.95. The number of nitrogens with zero attached hydrogens (tertiary/aromatic N) is 1.